The predicted octanol–water partition coefficient (Wildman–Crippen LogP) is 4.51. The molecular formula is C20H25N3O2. The van der Waals surface area contributed by atoms with Crippen LogP contribution >= 0.6 is 0 Å². The Labute approximate surface area is 149 Å². The van der Waals surface area contributed by atoms with Gasteiger partial charge >= 0.3 is 0 Å². The fraction of sp³-hybridized carbons (Fsp3) is 0.500. The van der Waals surface area contributed by atoms with E-state index in [0.717, 1.165) is 24.2 Å². The number of nitriles is 1. The summed E-state index contributed by atoms with van der Waals surface area (Å²) in [5, 5.41) is 9.40. The van der Waals surface area contributed by atoms with E-state index in [-0.39, 0.29) is 6.61 Å². The van der Waals surface area contributed by atoms with Crippen LogP contribution in [0.3, 0.4) is 0 Å². The van der Waals surface area contributed by atoms with E-state index >= 15 is 0 Å². The number of oxazole rings is 1. The third-order valence-corrected chi connectivity index (χ3v) is 4.88. The lowest BCUT2D eigenvalue weighted by Crippen LogP contribution is -2.33. The molecule has 1 saturated carbocycles. The maximum absolute atomic E-state index is 9.40. The van der Waals surface area contributed by atoms with E-state index in [1.807, 2.05) is 26.1 Å². The van der Waals surface area contributed by atoms with Gasteiger partial charge in [0.25, 0.3) is 0 Å². The third kappa shape index (κ3) is 3.96. The highest BCUT2D eigenvalue weighted by Crippen LogP contribution is 2.29. The minimum atomic E-state index is 0.219. The summed E-state index contributed by atoms with van der Waals surface area (Å²) >= 11 is 0. The molecule has 1 fully saturated rings. The highest BCUT2D eigenvalue weighted by Gasteiger charge is 2.25. The summed E-state index contributed by atoms with van der Waals surface area (Å²) in [5.41, 5.74) is 2.61. The Morgan fingerprint density at radius 3 is 2.72 bits per heavy atom. The van der Waals surface area contributed by atoms with Crippen molar-refractivity contribution in [3.63, 3.8) is 0 Å². The van der Waals surface area contributed by atoms with Gasteiger partial charge in [-0.15, -0.1) is 0 Å². The molecule has 1 heterocycles. The van der Waals surface area contributed by atoms with Crippen LogP contribution in [0.1, 0.15) is 54.8 Å². The molecule has 5 nitrogen and oxygen atoms in total. The lowest BCUT2D eigenvalue weighted by atomic mass is 9.94. The molecule has 1 aliphatic carbocycles. The fourth-order valence-corrected chi connectivity index (χ4v) is 3.46. The molecule has 0 saturated heterocycles. The number of anilines is 1. The first-order valence-corrected chi connectivity index (χ1v) is 8.91. The number of ether oxygens (including phenoxy) is 1. The molecule has 0 radical (unpaired) electrons. The first kappa shape index (κ1) is 17.3. The van der Waals surface area contributed by atoms with E-state index in [2.05, 4.69) is 28.9 Å². The van der Waals surface area contributed by atoms with Crippen LogP contribution in [0.5, 0.6) is 5.75 Å². The van der Waals surface area contributed by atoms with Crippen LogP contribution in [-0.2, 0) is 6.61 Å². The second-order valence-corrected chi connectivity index (χ2v) is 6.83. The fourth-order valence-electron chi connectivity index (χ4n) is 3.46. The number of hydrogen-bond donors (Lipinski definition) is 0. The zero-order valence-corrected chi connectivity index (χ0v) is 15.2. The predicted molar refractivity (Wildman–Crippen MR) is 96.7 cm³/mol. The smallest absolute Gasteiger partial charge is 0.236 e. The van der Waals surface area contributed by atoms with Gasteiger partial charge in [0.15, 0.2) is 6.61 Å². The van der Waals surface area contributed by atoms with Gasteiger partial charge < -0.3 is 14.1 Å². The van der Waals surface area contributed by atoms with E-state index in [9.17, 15) is 5.26 Å². The summed E-state index contributed by atoms with van der Waals surface area (Å²) in [4.78, 5) is 6.39. The molecule has 0 atom stereocenters. The Hall–Kier alpha value is -2.48. The summed E-state index contributed by atoms with van der Waals surface area (Å²) in [6, 6.07) is 8.61. The van der Waals surface area contributed by atoms with Crippen LogP contribution < -0.4 is 9.64 Å². The zero-order chi connectivity index (χ0) is 17.8. The van der Waals surface area contributed by atoms with Crippen molar-refractivity contribution in [1.29, 1.82) is 5.26 Å². The number of aryl methyl sites for hydroxylation is 2. The van der Waals surface area contributed by atoms with Gasteiger partial charge in [0.05, 0.1) is 0 Å². The molecule has 1 aliphatic rings. The van der Waals surface area contributed by atoms with Crippen LogP contribution in [0.15, 0.2) is 22.6 Å². The van der Waals surface area contributed by atoms with Crippen molar-refractivity contribution in [2.45, 2.75) is 58.6 Å². The monoisotopic (exact) mass is 339 g/mol. The zero-order valence-electron chi connectivity index (χ0n) is 15.2. The van der Waals surface area contributed by atoms with E-state index in [4.69, 9.17) is 9.15 Å². The van der Waals surface area contributed by atoms with Crippen molar-refractivity contribution >= 4 is 5.88 Å². The summed E-state index contributed by atoms with van der Waals surface area (Å²) in [6.45, 7) is 4.29. The van der Waals surface area contributed by atoms with E-state index in [0.29, 0.717) is 23.5 Å². The molecule has 0 N–H and O–H groups in total. The molecule has 0 bridgehead atoms. The molecule has 1 aromatic carbocycles. The lowest BCUT2D eigenvalue weighted by molar-refractivity contribution is 0.261. The Morgan fingerprint density at radius 2 is 2.04 bits per heavy atom. The summed E-state index contributed by atoms with van der Waals surface area (Å²) in [6.07, 6.45) is 6.02. The van der Waals surface area contributed by atoms with Crippen LogP contribution in [0, 0.1) is 25.2 Å². The Bertz CT molecular complexity index is 770. The molecule has 0 amide bonds. The van der Waals surface area contributed by atoms with Crippen molar-refractivity contribution in [3.05, 3.63) is 40.9 Å². The summed E-state index contributed by atoms with van der Waals surface area (Å²) in [5.74, 6) is 1.81. The molecular weight excluding hydrogens is 314 g/mol. The van der Waals surface area contributed by atoms with Crippen LogP contribution in [0.25, 0.3) is 0 Å². The molecule has 25 heavy (non-hydrogen) atoms. The Morgan fingerprint density at radius 1 is 1.28 bits per heavy atom. The molecule has 0 aliphatic heterocycles. The second kappa shape index (κ2) is 7.60. The topological polar surface area (TPSA) is 62.3 Å². The van der Waals surface area contributed by atoms with Gasteiger partial charge in [-0.05, 0) is 38.3 Å². The van der Waals surface area contributed by atoms with Crippen molar-refractivity contribution < 1.29 is 9.15 Å². The van der Waals surface area contributed by atoms with Gasteiger partial charge in [-0.1, -0.05) is 37.0 Å². The maximum Gasteiger partial charge on any atom is 0.236 e. The number of aromatic nitrogens is 1. The largest absolute Gasteiger partial charge is 0.484 e. The number of rotatable bonds is 5. The Kier molecular flexibility index (Phi) is 5.28. The Balaban J connectivity index is 1.72. The number of nitrogens with zero attached hydrogens (tertiary/aromatic N) is 3. The van der Waals surface area contributed by atoms with Gasteiger partial charge in [-0.2, -0.15) is 10.2 Å². The molecule has 1 aromatic heterocycles. The SMILES string of the molecule is Cc1ccc(OCc2nc(C#N)c(N(C)C3CCCCC3)o2)c(C)c1. The quantitative estimate of drug-likeness (QED) is 0.802. The number of benzene rings is 1. The lowest BCUT2D eigenvalue weighted by Gasteiger charge is -2.30. The average Bonchev–Trinajstić information content (AvgIpc) is 3.04. The highest BCUT2D eigenvalue weighted by molar-refractivity contribution is 5.48. The van der Waals surface area contributed by atoms with Gasteiger partial charge in [0, 0.05) is 13.1 Å². The molecule has 3 rings (SSSR count). The molecule has 0 spiro atoms. The summed E-state index contributed by atoms with van der Waals surface area (Å²) < 4.78 is 11.7. The van der Waals surface area contributed by atoms with Gasteiger partial charge in [0.2, 0.25) is 17.5 Å². The van der Waals surface area contributed by atoms with Crippen molar-refractivity contribution in [1.82, 2.24) is 4.98 Å². The van der Waals surface area contributed by atoms with Gasteiger partial charge in [-0.25, -0.2) is 0 Å². The van der Waals surface area contributed by atoms with Crippen LogP contribution in [0.2, 0.25) is 0 Å². The first-order chi connectivity index (χ1) is 12.1. The van der Waals surface area contributed by atoms with Crippen molar-refractivity contribution in [3.8, 4) is 11.8 Å². The van der Waals surface area contributed by atoms with E-state index < -0.39 is 0 Å². The third-order valence-electron chi connectivity index (χ3n) is 4.88. The number of hydrogen-bond acceptors (Lipinski definition) is 5. The standard InChI is InChI=1S/C20H25N3O2/c1-14-9-10-18(15(2)11-14)24-13-19-22-17(12-21)20(25-19)23(3)16-7-5-4-6-8-16/h9-11,16H,4-8,13H2,1-3H3. The molecule has 0 unspecified atom stereocenters. The molecule has 5 heteroatoms. The van der Waals surface area contributed by atoms with E-state index in [1.54, 1.807) is 0 Å². The van der Waals surface area contributed by atoms with Crippen molar-refractivity contribution in [2.75, 3.05) is 11.9 Å². The van der Waals surface area contributed by atoms with Crippen LogP contribution in [-0.4, -0.2) is 18.1 Å². The summed E-state index contributed by atoms with van der Waals surface area (Å²) in [7, 11) is 1.99. The van der Waals surface area contributed by atoms with Crippen LogP contribution in [0.4, 0.5) is 5.88 Å². The first-order valence-electron chi connectivity index (χ1n) is 8.91. The minimum absolute atomic E-state index is 0.219. The van der Waals surface area contributed by atoms with E-state index in [1.165, 1.54) is 24.8 Å². The van der Waals surface area contributed by atoms with Gasteiger partial charge in [-0.3, -0.25) is 0 Å². The molecule has 132 valence electrons. The van der Waals surface area contributed by atoms with Crippen molar-refractivity contribution in [2.24, 2.45) is 0 Å². The second-order valence-electron chi connectivity index (χ2n) is 6.83. The highest BCUT2D eigenvalue weighted by atomic mass is 16.5. The normalized spacial score (nSPS) is 15.0. The maximum atomic E-state index is 9.40. The van der Waals surface area contributed by atoms with Gasteiger partial charge in [0.1, 0.15) is 11.8 Å². The minimum Gasteiger partial charge on any atom is -0.484 e. The molecule has 2 aromatic rings. The average molecular weight is 339 g/mol.